The van der Waals surface area contributed by atoms with Gasteiger partial charge in [0.2, 0.25) is 0 Å². The van der Waals surface area contributed by atoms with Crippen molar-refractivity contribution in [1.82, 2.24) is 0 Å². The molecule has 0 atom stereocenters. The molecule has 0 aliphatic carbocycles. The quantitative estimate of drug-likeness (QED) is 0.408. The maximum absolute atomic E-state index is 10.5. The topological polar surface area (TPSA) is 40.5 Å². The highest BCUT2D eigenvalue weighted by atomic mass is 31.2. The van der Waals surface area contributed by atoms with Gasteiger partial charge < -0.3 is 10.2 Å². The van der Waals surface area contributed by atoms with Crippen LogP contribution in [-0.2, 0) is 0 Å². The first-order valence-corrected chi connectivity index (χ1v) is 11.0. The van der Waals surface area contributed by atoms with E-state index in [4.69, 9.17) is 0 Å². The van der Waals surface area contributed by atoms with Crippen LogP contribution in [0.3, 0.4) is 0 Å². The van der Waals surface area contributed by atoms with Gasteiger partial charge in [-0.15, -0.1) is 0 Å². The van der Waals surface area contributed by atoms with Crippen LogP contribution in [0.1, 0.15) is 5.56 Å². The zero-order valence-electron chi connectivity index (χ0n) is 15.3. The van der Waals surface area contributed by atoms with Crippen LogP contribution in [0, 0.1) is 0 Å². The summed E-state index contributed by atoms with van der Waals surface area (Å²) < 4.78 is 0. The van der Waals surface area contributed by atoms with Crippen LogP contribution in [-0.4, -0.2) is 16.0 Å². The van der Waals surface area contributed by atoms with Gasteiger partial charge in [0.1, 0.15) is 11.5 Å². The summed E-state index contributed by atoms with van der Waals surface area (Å²) in [5, 5.41) is 24.1. The Morgan fingerprint density at radius 1 is 0.536 bits per heavy atom. The Kier molecular flexibility index (Phi) is 5.06. The molecule has 28 heavy (non-hydrogen) atoms. The molecule has 0 bridgehead atoms. The number of phenols is 2. The second-order valence-electron chi connectivity index (χ2n) is 6.60. The standard InChI is InChI=1S/C25H21O2P/c26-21-16-17-25(27)20(18-21)19-28(22-10-4-1-5-11-22,23-12-6-2-7-13-23)24-14-8-3-9-15-24/h1-19,26-27H. The molecule has 0 aliphatic heterocycles. The lowest BCUT2D eigenvalue weighted by Crippen LogP contribution is -2.27. The number of hydrogen-bond donors (Lipinski definition) is 2. The first kappa shape index (κ1) is 18.2. The minimum absolute atomic E-state index is 0.135. The third-order valence-corrected chi connectivity index (χ3v) is 8.84. The van der Waals surface area contributed by atoms with Crippen molar-refractivity contribution in [2.24, 2.45) is 0 Å². The van der Waals surface area contributed by atoms with Gasteiger partial charge in [-0.25, -0.2) is 0 Å². The van der Waals surface area contributed by atoms with Crippen LogP contribution in [0.15, 0.2) is 109 Å². The lowest BCUT2D eigenvalue weighted by Gasteiger charge is -2.29. The van der Waals surface area contributed by atoms with E-state index in [1.807, 2.05) is 54.6 Å². The van der Waals surface area contributed by atoms with E-state index in [9.17, 15) is 10.2 Å². The molecule has 0 heterocycles. The maximum Gasteiger partial charge on any atom is 0.123 e. The van der Waals surface area contributed by atoms with Crippen molar-refractivity contribution in [3.05, 3.63) is 115 Å². The fraction of sp³-hybridized carbons (Fsp3) is 0. The SMILES string of the molecule is Oc1ccc(O)c(C=P(c2ccccc2)(c2ccccc2)c2ccccc2)c1. The summed E-state index contributed by atoms with van der Waals surface area (Å²) in [6, 6.07) is 35.8. The van der Waals surface area contributed by atoms with Gasteiger partial charge in [0, 0.05) is 5.56 Å². The van der Waals surface area contributed by atoms with E-state index in [-0.39, 0.29) is 11.5 Å². The van der Waals surface area contributed by atoms with Gasteiger partial charge in [-0.2, -0.15) is 0 Å². The summed E-state index contributed by atoms with van der Waals surface area (Å²) in [7, 11) is 0. The van der Waals surface area contributed by atoms with Gasteiger partial charge in [0.05, 0.1) is 0 Å². The van der Waals surface area contributed by atoms with E-state index in [1.54, 1.807) is 6.07 Å². The fourth-order valence-corrected chi connectivity index (χ4v) is 7.41. The maximum atomic E-state index is 10.5. The second-order valence-corrected chi connectivity index (χ2v) is 9.85. The minimum atomic E-state index is -2.22. The van der Waals surface area contributed by atoms with Crippen LogP contribution < -0.4 is 15.9 Å². The highest BCUT2D eigenvalue weighted by molar-refractivity contribution is 7.94. The van der Waals surface area contributed by atoms with Gasteiger partial charge in [-0.1, -0.05) is 91.0 Å². The predicted octanol–water partition coefficient (Wildman–Crippen LogP) is 4.24. The van der Waals surface area contributed by atoms with Crippen molar-refractivity contribution in [2.45, 2.75) is 0 Å². The van der Waals surface area contributed by atoms with Crippen LogP contribution in [0.25, 0.3) is 0 Å². The Bertz CT molecular complexity index is 1020. The monoisotopic (exact) mass is 384 g/mol. The van der Waals surface area contributed by atoms with Gasteiger partial charge in [-0.3, -0.25) is 0 Å². The van der Waals surface area contributed by atoms with Gasteiger partial charge >= 0.3 is 0 Å². The largest absolute Gasteiger partial charge is 0.508 e. The minimum Gasteiger partial charge on any atom is -0.508 e. The molecule has 2 N–H and O–H groups in total. The first-order valence-electron chi connectivity index (χ1n) is 9.13. The van der Waals surface area contributed by atoms with Crippen LogP contribution >= 0.6 is 6.89 Å². The summed E-state index contributed by atoms with van der Waals surface area (Å²) in [6.45, 7) is -2.22. The predicted molar refractivity (Wildman–Crippen MR) is 120 cm³/mol. The highest BCUT2D eigenvalue weighted by Gasteiger charge is 2.25. The van der Waals surface area contributed by atoms with Crippen molar-refractivity contribution < 1.29 is 10.2 Å². The molecular formula is C25H21O2P. The fourth-order valence-electron chi connectivity index (χ4n) is 3.51. The summed E-state index contributed by atoms with van der Waals surface area (Å²) in [5.74, 6) is 2.43. The van der Waals surface area contributed by atoms with Crippen LogP contribution in [0.5, 0.6) is 11.5 Å². The van der Waals surface area contributed by atoms with Crippen LogP contribution in [0.4, 0.5) is 0 Å². The lowest BCUT2D eigenvalue weighted by molar-refractivity contribution is 0.459. The molecule has 0 aliphatic rings. The van der Waals surface area contributed by atoms with E-state index in [1.165, 1.54) is 28.0 Å². The number of phenolic OH excluding ortho intramolecular Hbond substituents is 2. The summed E-state index contributed by atoms with van der Waals surface area (Å²) >= 11 is 0. The van der Waals surface area contributed by atoms with Gasteiger partial charge in [0.25, 0.3) is 0 Å². The average Bonchev–Trinajstić information content (AvgIpc) is 2.76. The Balaban J connectivity index is 2.16. The molecule has 4 aromatic carbocycles. The molecule has 3 heteroatoms. The van der Waals surface area contributed by atoms with Gasteiger partial charge in [-0.05, 0) is 46.8 Å². The van der Waals surface area contributed by atoms with E-state index in [0.29, 0.717) is 5.56 Å². The highest BCUT2D eigenvalue weighted by Crippen LogP contribution is 2.45. The molecule has 2 nitrogen and oxygen atoms in total. The molecule has 0 saturated carbocycles. The number of aromatic hydroxyl groups is 2. The molecule has 0 fully saturated rings. The normalized spacial score (nSPS) is 11.1. The average molecular weight is 384 g/mol. The molecular weight excluding hydrogens is 363 g/mol. The van der Waals surface area contributed by atoms with E-state index in [0.717, 1.165) is 0 Å². The van der Waals surface area contributed by atoms with Crippen molar-refractivity contribution in [1.29, 1.82) is 0 Å². The molecule has 0 spiro atoms. The Hall–Kier alpha value is -3.22. The van der Waals surface area contributed by atoms with Crippen molar-refractivity contribution >= 4 is 28.6 Å². The number of rotatable bonds is 4. The molecule has 0 aromatic heterocycles. The molecule has 4 aromatic rings. The molecule has 4 rings (SSSR count). The summed E-state index contributed by atoms with van der Waals surface area (Å²) in [4.78, 5) is 0. The molecule has 0 amide bonds. The van der Waals surface area contributed by atoms with Crippen molar-refractivity contribution in [3.63, 3.8) is 0 Å². The first-order chi connectivity index (χ1) is 13.7. The number of benzene rings is 4. The van der Waals surface area contributed by atoms with E-state index >= 15 is 0 Å². The van der Waals surface area contributed by atoms with E-state index < -0.39 is 6.89 Å². The summed E-state index contributed by atoms with van der Waals surface area (Å²) in [6.07, 6.45) is 0. The third kappa shape index (κ3) is 3.35. The van der Waals surface area contributed by atoms with Crippen molar-refractivity contribution in [2.75, 3.05) is 0 Å². The summed E-state index contributed by atoms with van der Waals surface area (Å²) in [5.41, 5.74) is 0.630. The Morgan fingerprint density at radius 2 is 0.964 bits per heavy atom. The lowest BCUT2D eigenvalue weighted by atomic mass is 10.2. The van der Waals surface area contributed by atoms with E-state index in [2.05, 4.69) is 42.2 Å². The Labute approximate surface area is 165 Å². The smallest absolute Gasteiger partial charge is 0.123 e. The van der Waals surface area contributed by atoms with Gasteiger partial charge in [0.15, 0.2) is 0 Å². The zero-order valence-corrected chi connectivity index (χ0v) is 16.2. The Morgan fingerprint density at radius 3 is 1.39 bits per heavy atom. The third-order valence-electron chi connectivity index (χ3n) is 4.83. The molecule has 0 radical (unpaired) electrons. The number of hydrogen-bond acceptors (Lipinski definition) is 2. The van der Waals surface area contributed by atoms with Crippen molar-refractivity contribution in [3.8, 4) is 11.5 Å². The molecule has 138 valence electrons. The second kappa shape index (κ2) is 7.80. The zero-order chi connectivity index (χ0) is 19.4. The molecule has 0 saturated heterocycles. The molecule has 0 unspecified atom stereocenters. The van der Waals surface area contributed by atoms with Crippen LogP contribution in [0.2, 0.25) is 0 Å².